The van der Waals surface area contributed by atoms with E-state index in [1.165, 1.54) is 5.56 Å². The van der Waals surface area contributed by atoms with Crippen LogP contribution < -0.4 is 0 Å². The van der Waals surface area contributed by atoms with Crippen LogP contribution in [-0.2, 0) is 19.3 Å². The molecule has 0 saturated carbocycles. The van der Waals surface area contributed by atoms with Crippen molar-refractivity contribution in [1.29, 1.82) is 0 Å². The molecule has 0 fully saturated rings. The van der Waals surface area contributed by atoms with Gasteiger partial charge in [0.2, 0.25) is 0 Å². The fraction of sp³-hybridized carbons (Fsp3) is 0.450. The van der Waals surface area contributed by atoms with Crippen LogP contribution >= 0.6 is 0 Å². The molecule has 1 N–H and O–H groups in total. The topological polar surface area (TPSA) is 33.1 Å². The Morgan fingerprint density at radius 1 is 1.05 bits per heavy atom. The first-order valence-corrected chi connectivity index (χ1v) is 8.40. The Balaban J connectivity index is 2.27. The van der Waals surface area contributed by atoms with Crippen molar-refractivity contribution in [3.05, 3.63) is 58.9 Å². The number of phenolic OH excluding ortho intramolecular Hbond substituents is 1. The predicted octanol–water partition coefficient (Wildman–Crippen LogP) is 4.86. The summed E-state index contributed by atoms with van der Waals surface area (Å²) < 4.78 is 0. The van der Waals surface area contributed by atoms with Crippen LogP contribution in [0, 0.1) is 6.20 Å². The number of rotatable bonds is 8. The van der Waals surface area contributed by atoms with Crippen LogP contribution in [-0.4, -0.2) is 10.1 Å². The lowest BCUT2D eigenvalue weighted by Gasteiger charge is -2.13. The van der Waals surface area contributed by atoms with Gasteiger partial charge in [-0.25, -0.2) is 0 Å². The van der Waals surface area contributed by atoms with Crippen molar-refractivity contribution in [3.63, 3.8) is 0 Å². The highest BCUT2D eigenvalue weighted by molar-refractivity contribution is 5.45. The highest BCUT2D eigenvalue weighted by atomic mass is 16.3. The summed E-state index contributed by atoms with van der Waals surface area (Å²) in [5, 5.41) is 10.5. The summed E-state index contributed by atoms with van der Waals surface area (Å²) in [6.45, 7) is 4.37. The molecule has 2 heteroatoms. The zero-order valence-electron chi connectivity index (χ0n) is 13.7. The number of aryl methyl sites for hydroxylation is 2. The monoisotopic (exact) mass is 296 g/mol. The molecule has 1 heterocycles. The van der Waals surface area contributed by atoms with Gasteiger partial charge in [-0.3, -0.25) is 4.98 Å². The first-order chi connectivity index (χ1) is 10.7. The van der Waals surface area contributed by atoms with Crippen LogP contribution in [0.1, 0.15) is 61.9 Å². The van der Waals surface area contributed by atoms with Gasteiger partial charge in [0, 0.05) is 12.1 Å². The van der Waals surface area contributed by atoms with Crippen LogP contribution in [0.15, 0.2) is 30.3 Å². The van der Waals surface area contributed by atoms with Gasteiger partial charge in [-0.1, -0.05) is 44.9 Å². The van der Waals surface area contributed by atoms with Gasteiger partial charge in [0.1, 0.15) is 5.75 Å². The average molecular weight is 296 g/mol. The maximum Gasteiger partial charge on any atom is 0.121 e. The normalized spacial score (nSPS) is 10.8. The van der Waals surface area contributed by atoms with E-state index in [0.717, 1.165) is 61.8 Å². The quantitative estimate of drug-likeness (QED) is 0.754. The number of pyridine rings is 1. The third kappa shape index (κ3) is 4.59. The Kier molecular flexibility index (Phi) is 6.45. The van der Waals surface area contributed by atoms with Crippen LogP contribution in [0.5, 0.6) is 5.75 Å². The number of benzene rings is 1. The zero-order chi connectivity index (χ0) is 15.8. The Bertz CT molecular complexity index is 549. The first-order valence-electron chi connectivity index (χ1n) is 8.40. The summed E-state index contributed by atoms with van der Waals surface area (Å²) in [6, 6.07) is 10.1. The van der Waals surface area contributed by atoms with Crippen molar-refractivity contribution >= 4 is 0 Å². The number of unbranched alkanes of at least 4 members (excludes halogenated alkanes) is 2. The Hall–Kier alpha value is -1.83. The molecule has 22 heavy (non-hydrogen) atoms. The Morgan fingerprint density at radius 3 is 2.18 bits per heavy atom. The second kappa shape index (κ2) is 8.57. The molecule has 2 rings (SSSR count). The molecule has 0 atom stereocenters. The largest absolute Gasteiger partial charge is 0.507 e. The van der Waals surface area contributed by atoms with E-state index in [1.54, 1.807) is 0 Å². The molecule has 0 aliphatic carbocycles. The van der Waals surface area contributed by atoms with Crippen molar-refractivity contribution in [3.8, 4) is 5.75 Å². The summed E-state index contributed by atoms with van der Waals surface area (Å²) in [7, 11) is 0. The SMILES string of the molecule is CCCCc1cc(Cc2ccc[c]n2)cc(CCCC)c1O. The molecule has 0 amide bonds. The van der Waals surface area contributed by atoms with E-state index in [1.807, 2.05) is 18.2 Å². The third-order valence-corrected chi connectivity index (χ3v) is 3.98. The van der Waals surface area contributed by atoms with Crippen LogP contribution in [0.25, 0.3) is 0 Å². The molecule has 0 saturated heterocycles. The molecule has 1 aromatic carbocycles. The molecule has 2 aromatic rings. The molecule has 0 aliphatic rings. The van der Waals surface area contributed by atoms with Gasteiger partial charge in [-0.05, 0) is 54.5 Å². The minimum Gasteiger partial charge on any atom is -0.507 e. The highest BCUT2D eigenvalue weighted by Crippen LogP contribution is 2.28. The van der Waals surface area contributed by atoms with Gasteiger partial charge < -0.3 is 5.11 Å². The maximum atomic E-state index is 10.5. The fourth-order valence-corrected chi connectivity index (χ4v) is 2.72. The molecule has 117 valence electrons. The van der Waals surface area contributed by atoms with Crippen molar-refractivity contribution in [1.82, 2.24) is 4.98 Å². The number of aromatic hydroxyl groups is 1. The van der Waals surface area contributed by atoms with Crippen LogP contribution in [0.4, 0.5) is 0 Å². The molecule has 0 aliphatic heterocycles. The van der Waals surface area contributed by atoms with E-state index in [2.05, 4.69) is 37.2 Å². The Labute approximate surface area is 134 Å². The van der Waals surface area contributed by atoms with Crippen molar-refractivity contribution < 1.29 is 5.11 Å². The van der Waals surface area contributed by atoms with Gasteiger partial charge in [0.05, 0.1) is 6.20 Å². The summed E-state index contributed by atoms with van der Waals surface area (Å²) in [6.07, 6.45) is 10.1. The molecule has 1 radical (unpaired) electrons. The van der Waals surface area contributed by atoms with Gasteiger partial charge in [0.25, 0.3) is 0 Å². The highest BCUT2D eigenvalue weighted by Gasteiger charge is 2.10. The van der Waals surface area contributed by atoms with Gasteiger partial charge in [-0.2, -0.15) is 0 Å². The number of hydrogen-bond donors (Lipinski definition) is 1. The summed E-state index contributed by atoms with van der Waals surface area (Å²) in [5.41, 5.74) is 4.44. The maximum absolute atomic E-state index is 10.5. The van der Waals surface area contributed by atoms with Crippen LogP contribution in [0.2, 0.25) is 0 Å². The molecule has 0 unspecified atom stereocenters. The fourth-order valence-electron chi connectivity index (χ4n) is 2.72. The molecule has 1 aromatic heterocycles. The number of nitrogens with zero attached hydrogens (tertiary/aromatic N) is 1. The average Bonchev–Trinajstić information content (AvgIpc) is 2.54. The number of aromatic nitrogens is 1. The minimum absolute atomic E-state index is 0.512. The van der Waals surface area contributed by atoms with Crippen molar-refractivity contribution in [2.24, 2.45) is 0 Å². The van der Waals surface area contributed by atoms with Crippen molar-refractivity contribution in [2.45, 2.75) is 58.8 Å². The summed E-state index contributed by atoms with van der Waals surface area (Å²) >= 11 is 0. The molecule has 0 bridgehead atoms. The second-order valence-corrected chi connectivity index (χ2v) is 5.90. The van der Waals surface area contributed by atoms with Crippen molar-refractivity contribution in [2.75, 3.05) is 0 Å². The van der Waals surface area contributed by atoms with Gasteiger partial charge in [0.15, 0.2) is 0 Å². The Morgan fingerprint density at radius 2 is 1.68 bits per heavy atom. The van der Waals surface area contributed by atoms with E-state index in [9.17, 15) is 5.11 Å². The second-order valence-electron chi connectivity index (χ2n) is 5.90. The van der Waals surface area contributed by atoms with E-state index in [-0.39, 0.29) is 0 Å². The van der Waals surface area contributed by atoms with E-state index >= 15 is 0 Å². The molecule has 0 spiro atoms. The lowest BCUT2D eigenvalue weighted by Crippen LogP contribution is -1.98. The zero-order valence-corrected chi connectivity index (χ0v) is 13.7. The summed E-state index contributed by atoms with van der Waals surface area (Å²) in [4.78, 5) is 4.29. The third-order valence-electron chi connectivity index (χ3n) is 3.98. The smallest absolute Gasteiger partial charge is 0.121 e. The molecular formula is C20H26NO. The van der Waals surface area contributed by atoms with E-state index < -0.39 is 0 Å². The first kappa shape index (κ1) is 16.5. The summed E-state index contributed by atoms with van der Waals surface area (Å²) in [5.74, 6) is 0.512. The molecule has 2 nitrogen and oxygen atoms in total. The lowest BCUT2D eigenvalue weighted by molar-refractivity contribution is 0.458. The molecular weight excluding hydrogens is 270 g/mol. The predicted molar refractivity (Wildman–Crippen MR) is 91.2 cm³/mol. The minimum atomic E-state index is 0.512. The van der Waals surface area contributed by atoms with Gasteiger partial charge in [-0.15, -0.1) is 0 Å². The van der Waals surface area contributed by atoms with Gasteiger partial charge >= 0.3 is 0 Å². The van der Waals surface area contributed by atoms with E-state index in [0.29, 0.717) is 5.75 Å². The number of phenols is 1. The van der Waals surface area contributed by atoms with Crippen LogP contribution in [0.3, 0.4) is 0 Å². The number of hydrogen-bond acceptors (Lipinski definition) is 2. The standard InChI is InChI=1S/C20H26NO/c1-3-5-9-17-13-16(15-19-11-7-8-12-21-19)14-18(20(17)22)10-6-4-2/h7-8,11,13-14,22H,3-6,9-10,15H2,1-2H3. The van der Waals surface area contributed by atoms with E-state index in [4.69, 9.17) is 0 Å². The lowest BCUT2D eigenvalue weighted by atomic mass is 9.95.